The van der Waals surface area contributed by atoms with Crippen molar-refractivity contribution in [3.63, 3.8) is 0 Å². The molecule has 1 unspecified atom stereocenters. The smallest absolute Gasteiger partial charge is 0.161 e. The molecule has 0 spiro atoms. The summed E-state index contributed by atoms with van der Waals surface area (Å²) in [5.74, 6) is -2.31. The normalized spacial score (nSPS) is 13.1. The number of aryl methyl sites for hydroxylation is 1. The summed E-state index contributed by atoms with van der Waals surface area (Å²) in [7, 11) is 0. The summed E-state index contributed by atoms with van der Waals surface area (Å²) < 4.78 is 46.1. The van der Waals surface area contributed by atoms with Gasteiger partial charge in [-0.25, -0.2) is 13.2 Å². The van der Waals surface area contributed by atoms with Crippen LogP contribution in [0.5, 0.6) is 0 Å². The van der Waals surface area contributed by atoms with E-state index in [9.17, 15) is 13.2 Å². The first-order chi connectivity index (χ1) is 13.3. The van der Waals surface area contributed by atoms with Gasteiger partial charge in [0, 0.05) is 12.7 Å². The molecule has 0 saturated heterocycles. The second-order valence-corrected chi connectivity index (χ2v) is 8.39. The molecule has 1 aromatic rings. The van der Waals surface area contributed by atoms with Crippen LogP contribution in [-0.4, -0.2) is 12.2 Å². The maximum atomic E-state index is 13.8. The van der Waals surface area contributed by atoms with Crippen LogP contribution in [0.1, 0.15) is 97.5 Å². The summed E-state index contributed by atoms with van der Waals surface area (Å²) in [4.78, 5) is 0. The van der Waals surface area contributed by atoms with E-state index in [2.05, 4.69) is 20.8 Å². The van der Waals surface area contributed by atoms with Gasteiger partial charge in [0.25, 0.3) is 0 Å². The van der Waals surface area contributed by atoms with Crippen molar-refractivity contribution >= 4 is 0 Å². The predicted molar refractivity (Wildman–Crippen MR) is 111 cm³/mol. The Kier molecular flexibility index (Phi) is 11.8. The Labute approximate surface area is 170 Å². The molecule has 28 heavy (non-hydrogen) atoms. The highest BCUT2D eigenvalue weighted by Gasteiger charge is 2.29. The fraction of sp³-hybridized carbons (Fsp3) is 0.750. The standard InChI is InChI=1S/C24H39F3O/c1-5-7-8-9-10-11-15-20(24(3,4)28-6-2)16-13-12-14-19-17-22(26)23(27)18-21(19)25/h17-18,20H,5-16H2,1-4H3. The highest BCUT2D eigenvalue weighted by molar-refractivity contribution is 5.20. The van der Waals surface area contributed by atoms with Gasteiger partial charge in [-0.1, -0.05) is 51.9 Å². The zero-order valence-corrected chi connectivity index (χ0v) is 18.3. The second-order valence-electron chi connectivity index (χ2n) is 8.39. The van der Waals surface area contributed by atoms with E-state index in [1.165, 1.54) is 38.5 Å². The number of hydrogen-bond acceptors (Lipinski definition) is 1. The molecule has 0 aliphatic heterocycles. The lowest BCUT2D eigenvalue weighted by Crippen LogP contribution is -2.34. The van der Waals surface area contributed by atoms with Crippen molar-refractivity contribution in [1.29, 1.82) is 0 Å². The van der Waals surface area contributed by atoms with Gasteiger partial charge in [-0.15, -0.1) is 0 Å². The molecule has 0 aromatic heterocycles. The van der Waals surface area contributed by atoms with Crippen molar-refractivity contribution < 1.29 is 17.9 Å². The first-order valence-corrected chi connectivity index (χ1v) is 11.1. The van der Waals surface area contributed by atoms with E-state index in [1.54, 1.807) is 0 Å². The van der Waals surface area contributed by atoms with Crippen LogP contribution < -0.4 is 0 Å². The van der Waals surface area contributed by atoms with Crippen molar-refractivity contribution in [2.24, 2.45) is 5.92 Å². The quantitative estimate of drug-likeness (QED) is 0.214. The van der Waals surface area contributed by atoms with Crippen LogP contribution in [0.25, 0.3) is 0 Å². The Balaban J connectivity index is 2.48. The molecule has 0 saturated carbocycles. The highest BCUT2D eigenvalue weighted by Crippen LogP contribution is 2.31. The van der Waals surface area contributed by atoms with Gasteiger partial charge in [-0.2, -0.15) is 0 Å². The second kappa shape index (κ2) is 13.2. The third-order valence-corrected chi connectivity index (χ3v) is 5.74. The van der Waals surface area contributed by atoms with Crippen LogP contribution >= 0.6 is 0 Å². The Morgan fingerprint density at radius 3 is 2.00 bits per heavy atom. The molecular formula is C24H39F3O. The van der Waals surface area contributed by atoms with E-state index in [4.69, 9.17) is 4.74 Å². The van der Waals surface area contributed by atoms with E-state index < -0.39 is 17.5 Å². The molecular weight excluding hydrogens is 361 g/mol. The molecule has 1 aromatic carbocycles. The van der Waals surface area contributed by atoms with Gasteiger partial charge in [0.05, 0.1) is 5.60 Å². The number of halogens is 3. The first kappa shape index (κ1) is 25.0. The third kappa shape index (κ3) is 8.98. The lowest BCUT2D eigenvalue weighted by atomic mass is 9.82. The van der Waals surface area contributed by atoms with E-state index >= 15 is 0 Å². The average molecular weight is 401 g/mol. The molecule has 1 atom stereocenters. The molecule has 0 fully saturated rings. The molecule has 0 bridgehead atoms. The number of unbranched alkanes of at least 4 members (excludes halogenated alkanes) is 6. The highest BCUT2D eigenvalue weighted by atomic mass is 19.2. The Hall–Kier alpha value is -1.03. The molecule has 4 heteroatoms. The van der Waals surface area contributed by atoms with Crippen LogP contribution in [-0.2, 0) is 11.2 Å². The molecule has 0 radical (unpaired) electrons. The van der Waals surface area contributed by atoms with Crippen molar-refractivity contribution in [2.75, 3.05) is 6.61 Å². The van der Waals surface area contributed by atoms with Crippen molar-refractivity contribution in [1.82, 2.24) is 0 Å². The summed E-state index contributed by atoms with van der Waals surface area (Å²) in [6.45, 7) is 9.27. The minimum absolute atomic E-state index is 0.175. The Morgan fingerprint density at radius 2 is 1.36 bits per heavy atom. The van der Waals surface area contributed by atoms with Gasteiger partial charge in [0.15, 0.2) is 11.6 Å². The van der Waals surface area contributed by atoms with Crippen LogP contribution in [0.3, 0.4) is 0 Å². The topological polar surface area (TPSA) is 9.23 Å². The maximum absolute atomic E-state index is 13.8. The minimum atomic E-state index is -1.13. The predicted octanol–water partition coefficient (Wildman–Crippen LogP) is 8.00. The fourth-order valence-corrected chi connectivity index (χ4v) is 3.96. The number of benzene rings is 1. The van der Waals surface area contributed by atoms with Gasteiger partial charge in [-0.3, -0.25) is 0 Å². The van der Waals surface area contributed by atoms with Crippen LogP contribution in [0, 0.1) is 23.4 Å². The summed E-state index contributed by atoms with van der Waals surface area (Å²) in [5.41, 5.74) is 0.0845. The van der Waals surface area contributed by atoms with Crippen molar-refractivity contribution in [3.05, 3.63) is 35.1 Å². The van der Waals surface area contributed by atoms with Crippen LogP contribution in [0.4, 0.5) is 13.2 Å². The zero-order chi connectivity index (χ0) is 21.0. The number of hydrogen-bond donors (Lipinski definition) is 0. The molecule has 0 aliphatic rings. The van der Waals surface area contributed by atoms with Gasteiger partial charge >= 0.3 is 0 Å². The molecule has 162 valence electrons. The van der Waals surface area contributed by atoms with Gasteiger partial charge in [-0.05, 0) is 64.0 Å². The lowest BCUT2D eigenvalue weighted by Gasteiger charge is -2.34. The summed E-state index contributed by atoms with van der Waals surface area (Å²) in [6, 6.07) is 1.63. The largest absolute Gasteiger partial charge is 0.376 e. The number of ether oxygens (including phenoxy) is 1. The molecule has 0 heterocycles. The van der Waals surface area contributed by atoms with E-state index in [1.807, 2.05) is 6.92 Å². The van der Waals surface area contributed by atoms with E-state index in [-0.39, 0.29) is 11.2 Å². The molecule has 1 rings (SSSR count). The summed E-state index contributed by atoms with van der Waals surface area (Å²) in [6.07, 6.45) is 11.9. The minimum Gasteiger partial charge on any atom is -0.376 e. The molecule has 0 amide bonds. The molecule has 0 aliphatic carbocycles. The summed E-state index contributed by atoms with van der Waals surface area (Å²) >= 11 is 0. The summed E-state index contributed by atoms with van der Waals surface area (Å²) in [5, 5.41) is 0. The lowest BCUT2D eigenvalue weighted by molar-refractivity contribution is -0.0605. The van der Waals surface area contributed by atoms with Crippen LogP contribution in [0.15, 0.2) is 12.1 Å². The first-order valence-electron chi connectivity index (χ1n) is 11.1. The van der Waals surface area contributed by atoms with Crippen molar-refractivity contribution in [3.8, 4) is 0 Å². The Bertz CT molecular complexity index is 557. The van der Waals surface area contributed by atoms with Gasteiger partial charge < -0.3 is 4.74 Å². The molecule has 1 nitrogen and oxygen atoms in total. The molecule has 0 N–H and O–H groups in total. The SMILES string of the molecule is CCCCCCCCC(CCCCc1cc(F)c(F)cc1F)C(C)(C)OCC. The monoisotopic (exact) mass is 400 g/mol. The van der Waals surface area contributed by atoms with Gasteiger partial charge in [0.1, 0.15) is 5.82 Å². The van der Waals surface area contributed by atoms with Crippen LogP contribution in [0.2, 0.25) is 0 Å². The van der Waals surface area contributed by atoms with E-state index in [0.29, 0.717) is 25.0 Å². The van der Waals surface area contributed by atoms with Crippen molar-refractivity contribution in [2.45, 2.75) is 104 Å². The average Bonchev–Trinajstić information content (AvgIpc) is 2.63. The number of rotatable bonds is 15. The fourth-order valence-electron chi connectivity index (χ4n) is 3.96. The van der Waals surface area contributed by atoms with E-state index in [0.717, 1.165) is 31.7 Å². The maximum Gasteiger partial charge on any atom is 0.161 e. The Morgan fingerprint density at radius 1 is 0.786 bits per heavy atom. The van der Waals surface area contributed by atoms with Gasteiger partial charge in [0.2, 0.25) is 0 Å². The third-order valence-electron chi connectivity index (χ3n) is 5.74. The zero-order valence-electron chi connectivity index (χ0n) is 18.3.